The molecule has 0 saturated carbocycles. The number of fused-ring (bicyclic) bond motifs is 1. The number of aromatic nitrogens is 1. The summed E-state index contributed by atoms with van der Waals surface area (Å²) >= 11 is 0. The van der Waals surface area contributed by atoms with Gasteiger partial charge >= 0.3 is 5.97 Å². The van der Waals surface area contributed by atoms with Gasteiger partial charge in [-0.05, 0) is 30.4 Å². The highest BCUT2D eigenvalue weighted by molar-refractivity contribution is 5.86. The molecule has 3 nitrogen and oxygen atoms in total. The number of hydrogen-bond acceptors (Lipinski definition) is 1. The van der Waals surface area contributed by atoms with Crippen molar-refractivity contribution in [2.45, 2.75) is 25.7 Å². The molecule has 0 saturated heterocycles. The number of nitrogens with zero attached hydrogens (tertiary/aromatic N) is 1. The third-order valence-electron chi connectivity index (χ3n) is 2.96. The first kappa shape index (κ1) is 8.35. The molecule has 0 spiro atoms. The zero-order chi connectivity index (χ0) is 9.59. The lowest BCUT2D eigenvalue weighted by Crippen LogP contribution is -2.06. The number of aromatic carboxylic acids is 1. The molecule has 1 aromatic heterocycles. The van der Waals surface area contributed by atoms with Crippen molar-refractivity contribution < 1.29 is 9.90 Å². The minimum Gasteiger partial charge on any atom is -0.477 e. The van der Waals surface area contributed by atoms with Gasteiger partial charge in [0.2, 0.25) is 0 Å². The van der Waals surface area contributed by atoms with E-state index in [1.165, 1.54) is 11.3 Å². The van der Waals surface area contributed by atoms with E-state index >= 15 is 0 Å². The molecule has 13 heavy (non-hydrogen) atoms. The van der Waals surface area contributed by atoms with Gasteiger partial charge in [0.1, 0.15) is 5.69 Å². The molecule has 1 atom stereocenters. The maximum absolute atomic E-state index is 10.8. The Balaban J connectivity index is 2.55. The lowest BCUT2D eigenvalue weighted by molar-refractivity contribution is 0.0686. The Morgan fingerprint density at radius 3 is 2.92 bits per heavy atom. The van der Waals surface area contributed by atoms with Crippen molar-refractivity contribution in [3.63, 3.8) is 0 Å². The maximum atomic E-state index is 10.8. The molecule has 1 aliphatic carbocycles. The highest BCUT2D eigenvalue weighted by Gasteiger charge is 2.25. The maximum Gasteiger partial charge on any atom is 0.352 e. The predicted octanol–water partition coefficient (Wildman–Crippen LogP) is 1.77. The first-order chi connectivity index (χ1) is 6.11. The van der Waals surface area contributed by atoms with Gasteiger partial charge < -0.3 is 9.67 Å². The number of hydrogen-bond donors (Lipinski definition) is 1. The van der Waals surface area contributed by atoms with Gasteiger partial charge in [0, 0.05) is 12.7 Å². The van der Waals surface area contributed by atoms with E-state index in [1.54, 1.807) is 4.57 Å². The molecule has 70 valence electrons. The van der Waals surface area contributed by atoms with Crippen LogP contribution in [0.25, 0.3) is 0 Å². The Bertz CT molecular complexity index is 365. The first-order valence-electron chi connectivity index (χ1n) is 4.53. The molecular formula is C10H13NO2. The zero-order valence-electron chi connectivity index (χ0n) is 7.87. The lowest BCUT2D eigenvalue weighted by Gasteiger charge is -2.00. The van der Waals surface area contributed by atoms with E-state index in [1.807, 2.05) is 13.1 Å². The fraction of sp³-hybridized carbons (Fsp3) is 0.500. The van der Waals surface area contributed by atoms with Crippen LogP contribution in [-0.4, -0.2) is 15.6 Å². The van der Waals surface area contributed by atoms with E-state index < -0.39 is 5.97 Å². The van der Waals surface area contributed by atoms with Gasteiger partial charge in [-0.25, -0.2) is 4.79 Å². The van der Waals surface area contributed by atoms with E-state index in [4.69, 9.17) is 5.11 Å². The molecule has 0 aliphatic heterocycles. The van der Waals surface area contributed by atoms with Crippen LogP contribution in [0.2, 0.25) is 0 Å². The first-order valence-corrected chi connectivity index (χ1v) is 4.53. The molecule has 1 heterocycles. The molecule has 0 amide bonds. The summed E-state index contributed by atoms with van der Waals surface area (Å²) in [6.45, 7) is 2.15. The smallest absolute Gasteiger partial charge is 0.352 e. The summed E-state index contributed by atoms with van der Waals surface area (Å²) in [4.78, 5) is 10.8. The summed E-state index contributed by atoms with van der Waals surface area (Å²) in [6, 6.07) is 1.81. The third-order valence-corrected chi connectivity index (χ3v) is 2.96. The molecule has 1 aromatic rings. The average Bonchev–Trinajstić information content (AvgIpc) is 2.55. The van der Waals surface area contributed by atoms with Crippen molar-refractivity contribution in [3.8, 4) is 0 Å². The minimum atomic E-state index is -0.830. The van der Waals surface area contributed by atoms with Gasteiger partial charge in [-0.1, -0.05) is 6.92 Å². The summed E-state index contributed by atoms with van der Waals surface area (Å²) in [7, 11) is 1.83. The number of carboxylic acids is 1. The van der Waals surface area contributed by atoms with Gasteiger partial charge in [-0.3, -0.25) is 0 Å². The fourth-order valence-corrected chi connectivity index (χ4v) is 2.12. The van der Waals surface area contributed by atoms with E-state index in [0.29, 0.717) is 11.6 Å². The monoisotopic (exact) mass is 179 g/mol. The van der Waals surface area contributed by atoms with Crippen molar-refractivity contribution in [1.82, 2.24) is 4.57 Å². The molecular weight excluding hydrogens is 166 g/mol. The van der Waals surface area contributed by atoms with Crippen LogP contribution in [0, 0.1) is 0 Å². The zero-order valence-corrected chi connectivity index (χ0v) is 7.87. The second-order valence-electron chi connectivity index (χ2n) is 3.74. The molecule has 2 rings (SSSR count). The summed E-state index contributed by atoms with van der Waals surface area (Å²) in [5.74, 6) is -0.307. The predicted molar refractivity (Wildman–Crippen MR) is 49.1 cm³/mol. The van der Waals surface area contributed by atoms with E-state index in [2.05, 4.69) is 6.92 Å². The molecule has 3 heteroatoms. The molecule has 0 fully saturated rings. The van der Waals surface area contributed by atoms with E-state index in [9.17, 15) is 4.79 Å². The standard InChI is InChI=1S/C10H13NO2/c1-6-3-4-8-7(6)5-9(10(12)13)11(8)2/h5-6H,3-4H2,1-2H3,(H,12,13). The Kier molecular flexibility index (Phi) is 1.68. The SMILES string of the molecule is CC1CCc2c1cc(C(=O)O)n2C. The molecule has 1 N–H and O–H groups in total. The second kappa shape index (κ2) is 2.62. The lowest BCUT2D eigenvalue weighted by atomic mass is 10.1. The molecule has 0 aromatic carbocycles. The Morgan fingerprint density at radius 1 is 1.69 bits per heavy atom. The average molecular weight is 179 g/mol. The summed E-state index contributed by atoms with van der Waals surface area (Å²) in [6.07, 6.45) is 2.17. The van der Waals surface area contributed by atoms with Crippen LogP contribution in [0.3, 0.4) is 0 Å². The van der Waals surface area contributed by atoms with Crippen LogP contribution in [0.5, 0.6) is 0 Å². The van der Waals surface area contributed by atoms with Crippen LogP contribution in [0.1, 0.15) is 41.0 Å². The normalized spacial score (nSPS) is 20.3. The van der Waals surface area contributed by atoms with Gasteiger partial charge in [0.25, 0.3) is 0 Å². The number of carboxylic acid groups (broad SMARTS) is 1. The van der Waals surface area contributed by atoms with Crippen LogP contribution in [-0.2, 0) is 13.5 Å². The van der Waals surface area contributed by atoms with Crippen LogP contribution >= 0.6 is 0 Å². The summed E-state index contributed by atoms with van der Waals surface area (Å²) in [5, 5.41) is 8.89. The number of carbonyl (C=O) groups is 1. The van der Waals surface area contributed by atoms with E-state index in [0.717, 1.165) is 12.8 Å². The van der Waals surface area contributed by atoms with Crippen molar-refractivity contribution in [2.24, 2.45) is 7.05 Å². The van der Waals surface area contributed by atoms with Crippen molar-refractivity contribution >= 4 is 5.97 Å². The molecule has 0 bridgehead atoms. The summed E-state index contributed by atoms with van der Waals surface area (Å²) in [5.41, 5.74) is 2.83. The molecule has 0 radical (unpaired) electrons. The largest absolute Gasteiger partial charge is 0.477 e. The third kappa shape index (κ3) is 1.07. The topological polar surface area (TPSA) is 42.2 Å². The van der Waals surface area contributed by atoms with Gasteiger partial charge in [-0.2, -0.15) is 0 Å². The van der Waals surface area contributed by atoms with Crippen molar-refractivity contribution in [1.29, 1.82) is 0 Å². The Morgan fingerprint density at radius 2 is 2.38 bits per heavy atom. The number of rotatable bonds is 1. The van der Waals surface area contributed by atoms with Crippen LogP contribution < -0.4 is 0 Å². The summed E-state index contributed by atoms with van der Waals surface area (Å²) < 4.78 is 1.81. The quantitative estimate of drug-likeness (QED) is 0.714. The van der Waals surface area contributed by atoms with Crippen LogP contribution in [0.4, 0.5) is 0 Å². The highest BCUT2D eigenvalue weighted by atomic mass is 16.4. The Hall–Kier alpha value is -1.25. The van der Waals surface area contributed by atoms with Gasteiger partial charge in [0.15, 0.2) is 0 Å². The van der Waals surface area contributed by atoms with Gasteiger partial charge in [0.05, 0.1) is 0 Å². The molecule has 1 unspecified atom stereocenters. The second-order valence-corrected chi connectivity index (χ2v) is 3.74. The van der Waals surface area contributed by atoms with Gasteiger partial charge in [-0.15, -0.1) is 0 Å². The van der Waals surface area contributed by atoms with Crippen molar-refractivity contribution in [2.75, 3.05) is 0 Å². The molecule has 1 aliphatic rings. The Labute approximate surface area is 77.0 Å². The van der Waals surface area contributed by atoms with E-state index in [-0.39, 0.29) is 0 Å². The highest BCUT2D eigenvalue weighted by Crippen LogP contribution is 2.34. The van der Waals surface area contributed by atoms with Crippen LogP contribution in [0.15, 0.2) is 6.07 Å². The van der Waals surface area contributed by atoms with Crippen molar-refractivity contribution in [3.05, 3.63) is 23.0 Å². The fourth-order valence-electron chi connectivity index (χ4n) is 2.12. The minimum absolute atomic E-state index is 0.413.